The maximum Gasteiger partial charge on any atom is 0.331 e. The normalized spacial score (nSPS) is 20.6. The van der Waals surface area contributed by atoms with E-state index in [-0.39, 0.29) is 18.9 Å². The Kier molecular flexibility index (Phi) is 5.79. The molecule has 7 heteroatoms. The minimum atomic E-state index is -1.28. The molecule has 0 radical (unpaired) electrons. The summed E-state index contributed by atoms with van der Waals surface area (Å²) in [6, 6.07) is 7.46. The van der Waals surface area contributed by atoms with Gasteiger partial charge in [0.1, 0.15) is 5.75 Å². The summed E-state index contributed by atoms with van der Waals surface area (Å²) in [5.74, 6) is -0.638. The molecule has 0 aromatic heterocycles. The predicted octanol–water partition coefficient (Wildman–Crippen LogP) is 1.97. The zero-order valence-electron chi connectivity index (χ0n) is 12.0. The Morgan fingerprint density at radius 1 is 1.41 bits per heavy atom. The van der Waals surface area contributed by atoms with Crippen LogP contribution in [0.4, 0.5) is 0 Å². The van der Waals surface area contributed by atoms with Crippen LogP contribution in [0.1, 0.15) is 19.3 Å². The lowest BCUT2D eigenvalue weighted by Crippen LogP contribution is -2.55. The fourth-order valence-corrected chi connectivity index (χ4v) is 2.59. The van der Waals surface area contributed by atoms with Crippen molar-refractivity contribution in [3.8, 4) is 5.75 Å². The molecule has 0 saturated carbocycles. The van der Waals surface area contributed by atoms with Gasteiger partial charge in [-0.1, -0.05) is 12.1 Å². The predicted molar refractivity (Wildman–Crippen MR) is 82.8 cm³/mol. The Labute approximate surface area is 136 Å². The van der Waals surface area contributed by atoms with Crippen molar-refractivity contribution < 1.29 is 24.2 Å². The summed E-state index contributed by atoms with van der Waals surface area (Å²) in [5, 5.41) is 11.8. The first kappa shape index (κ1) is 16.8. The van der Waals surface area contributed by atoms with Crippen LogP contribution in [0.25, 0.3) is 0 Å². The molecule has 2 rings (SSSR count). The molecule has 1 amide bonds. The summed E-state index contributed by atoms with van der Waals surface area (Å²) in [6.45, 7) is 0.742. The van der Waals surface area contributed by atoms with E-state index in [1.807, 2.05) is 24.3 Å². The number of para-hydroxylation sites is 1. The van der Waals surface area contributed by atoms with Crippen molar-refractivity contribution in [2.45, 2.75) is 24.8 Å². The molecule has 2 N–H and O–H groups in total. The summed E-state index contributed by atoms with van der Waals surface area (Å²) in [6.07, 6.45) is 1.00. The fraction of sp³-hybridized carbons (Fsp3) is 0.467. The van der Waals surface area contributed by atoms with Gasteiger partial charge in [0.2, 0.25) is 5.91 Å². The van der Waals surface area contributed by atoms with Gasteiger partial charge in [-0.2, -0.15) is 0 Å². The van der Waals surface area contributed by atoms with Crippen LogP contribution in [-0.4, -0.2) is 42.3 Å². The van der Waals surface area contributed by atoms with E-state index in [1.54, 1.807) is 0 Å². The Morgan fingerprint density at radius 2 is 2.18 bits per heavy atom. The number of aliphatic carboxylic acids is 1. The van der Waals surface area contributed by atoms with E-state index in [0.717, 1.165) is 4.47 Å². The van der Waals surface area contributed by atoms with Gasteiger partial charge in [-0.05, 0) is 34.5 Å². The number of carbonyl (C=O) groups is 2. The van der Waals surface area contributed by atoms with Crippen LogP contribution in [0, 0.1) is 0 Å². The maximum atomic E-state index is 11.9. The first-order valence-corrected chi connectivity index (χ1v) is 7.82. The lowest BCUT2D eigenvalue weighted by atomic mass is 9.99. The molecule has 1 aliphatic heterocycles. The van der Waals surface area contributed by atoms with Gasteiger partial charge in [0, 0.05) is 19.4 Å². The lowest BCUT2D eigenvalue weighted by Gasteiger charge is -2.23. The van der Waals surface area contributed by atoms with Crippen LogP contribution in [0.2, 0.25) is 0 Å². The number of nitrogens with one attached hydrogen (secondary N) is 1. The zero-order valence-corrected chi connectivity index (χ0v) is 13.6. The number of carbonyl (C=O) groups excluding carboxylic acids is 1. The second-order valence-corrected chi connectivity index (χ2v) is 5.97. The standard InChI is InChI=1S/C15H18BrNO5/c16-11-4-1-2-5-12(11)22-8-3-6-13(18)17-15(14(19)20)7-9-21-10-15/h1-2,4-5H,3,6-10H2,(H,17,18)(H,19,20). The van der Waals surface area contributed by atoms with Crippen LogP contribution < -0.4 is 10.1 Å². The minimum Gasteiger partial charge on any atom is -0.492 e. The maximum absolute atomic E-state index is 11.9. The molecule has 0 aliphatic carbocycles. The number of carboxylic acids is 1. The van der Waals surface area contributed by atoms with Crippen molar-refractivity contribution in [2.75, 3.05) is 19.8 Å². The second kappa shape index (κ2) is 7.60. The Balaban J connectivity index is 1.74. The first-order valence-electron chi connectivity index (χ1n) is 7.03. The number of ether oxygens (including phenoxy) is 2. The Morgan fingerprint density at radius 3 is 2.82 bits per heavy atom. The van der Waals surface area contributed by atoms with Gasteiger partial charge in [-0.25, -0.2) is 4.79 Å². The Hall–Kier alpha value is -1.60. The molecule has 1 aliphatic rings. The highest BCUT2D eigenvalue weighted by molar-refractivity contribution is 9.10. The van der Waals surface area contributed by atoms with Crippen LogP contribution >= 0.6 is 15.9 Å². The lowest BCUT2D eigenvalue weighted by molar-refractivity contribution is -0.147. The zero-order chi connectivity index (χ0) is 16.0. The molecule has 1 saturated heterocycles. The highest BCUT2D eigenvalue weighted by Crippen LogP contribution is 2.24. The molecule has 1 fully saturated rings. The number of amides is 1. The van der Waals surface area contributed by atoms with E-state index in [4.69, 9.17) is 9.47 Å². The van der Waals surface area contributed by atoms with Gasteiger partial charge in [-0.15, -0.1) is 0 Å². The summed E-state index contributed by atoms with van der Waals surface area (Å²) >= 11 is 3.38. The van der Waals surface area contributed by atoms with E-state index >= 15 is 0 Å². The van der Waals surface area contributed by atoms with Crippen LogP contribution in [0.15, 0.2) is 28.7 Å². The molecule has 22 heavy (non-hydrogen) atoms. The van der Waals surface area contributed by atoms with Crippen LogP contribution in [0.5, 0.6) is 5.75 Å². The summed E-state index contributed by atoms with van der Waals surface area (Å²) in [7, 11) is 0. The van der Waals surface area contributed by atoms with Gasteiger partial charge in [0.15, 0.2) is 5.54 Å². The number of rotatable bonds is 7. The molecular formula is C15H18BrNO5. The van der Waals surface area contributed by atoms with Crippen molar-refractivity contribution in [1.82, 2.24) is 5.32 Å². The number of halogens is 1. The molecule has 0 bridgehead atoms. The third-order valence-electron chi connectivity index (χ3n) is 3.45. The minimum absolute atomic E-state index is 0.0154. The molecule has 0 spiro atoms. The van der Waals surface area contributed by atoms with Gasteiger partial charge < -0.3 is 19.9 Å². The highest BCUT2D eigenvalue weighted by atomic mass is 79.9. The average Bonchev–Trinajstić information content (AvgIpc) is 2.95. The van der Waals surface area contributed by atoms with Crippen molar-refractivity contribution in [1.29, 1.82) is 0 Å². The van der Waals surface area contributed by atoms with Gasteiger partial charge in [0.25, 0.3) is 0 Å². The molecule has 1 unspecified atom stereocenters. The average molecular weight is 372 g/mol. The van der Waals surface area contributed by atoms with Crippen molar-refractivity contribution >= 4 is 27.8 Å². The summed E-state index contributed by atoms with van der Waals surface area (Å²) in [5.41, 5.74) is -1.28. The summed E-state index contributed by atoms with van der Waals surface area (Å²) in [4.78, 5) is 23.2. The van der Waals surface area contributed by atoms with Crippen molar-refractivity contribution in [3.05, 3.63) is 28.7 Å². The third kappa shape index (κ3) is 4.20. The number of carboxylic acid groups (broad SMARTS) is 1. The SMILES string of the molecule is O=C(CCCOc1ccccc1Br)NC1(C(=O)O)CCOC1. The molecular weight excluding hydrogens is 354 g/mol. The van der Waals surface area contributed by atoms with Gasteiger partial charge >= 0.3 is 5.97 Å². The number of benzene rings is 1. The second-order valence-electron chi connectivity index (χ2n) is 5.12. The molecule has 1 heterocycles. The smallest absolute Gasteiger partial charge is 0.331 e. The molecule has 1 aromatic carbocycles. The Bertz CT molecular complexity index is 542. The largest absolute Gasteiger partial charge is 0.492 e. The van der Waals surface area contributed by atoms with E-state index in [0.29, 0.717) is 31.8 Å². The number of hydrogen-bond donors (Lipinski definition) is 2. The third-order valence-corrected chi connectivity index (χ3v) is 4.11. The molecule has 1 atom stereocenters. The quantitative estimate of drug-likeness (QED) is 0.715. The van der Waals surface area contributed by atoms with E-state index < -0.39 is 11.5 Å². The first-order chi connectivity index (χ1) is 10.5. The van der Waals surface area contributed by atoms with Crippen LogP contribution in [0.3, 0.4) is 0 Å². The molecule has 120 valence electrons. The highest BCUT2D eigenvalue weighted by Gasteiger charge is 2.43. The van der Waals surface area contributed by atoms with E-state index in [1.165, 1.54) is 0 Å². The fourth-order valence-electron chi connectivity index (χ4n) is 2.19. The van der Waals surface area contributed by atoms with Gasteiger partial charge in [0.05, 0.1) is 17.7 Å². The molecule has 6 nitrogen and oxygen atoms in total. The summed E-state index contributed by atoms with van der Waals surface area (Å²) < 4.78 is 11.5. The van der Waals surface area contributed by atoms with E-state index in [2.05, 4.69) is 21.2 Å². The topological polar surface area (TPSA) is 84.9 Å². The van der Waals surface area contributed by atoms with Crippen molar-refractivity contribution in [2.24, 2.45) is 0 Å². The van der Waals surface area contributed by atoms with Crippen LogP contribution in [-0.2, 0) is 14.3 Å². The number of hydrogen-bond acceptors (Lipinski definition) is 4. The van der Waals surface area contributed by atoms with E-state index in [9.17, 15) is 14.7 Å². The van der Waals surface area contributed by atoms with Crippen molar-refractivity contribution in [3.63, 3.8) is 0 Å². The molecule has 1 aromatic rings. The van der Waals surface area contributed by atoms with Gasteiger partial charge in [-0.3, -0.25) is 4.79 Å². The monoisotopic (exact) mass is 371 g/mol.